The molecular formula is C13H17NO3. The summed E-state index contributed by atoms with van der Waals surface area (Å²) in [6.45, 7) is 1.45. The molecule has 0 radical (unpaired) electrons. The minimum atomic E-state index is -0.686. The molecule has 0 spiro atoms. The Morgan fingerprint density at radius 1 is 1.59 bits per heavy atom. The zero-order chi connectivity index (χ0) is 12.3. The van der Waals surface area contributed by atoms with Gasteiger partial charge in [0.25, 0.3) is 0 Å². The fraction of sp³-hybridized carbons (Fsp3) is 0.462. The van der Waals surface area contributed by atoms with Gasteiger partial charge in [0.2, 0.25) is 0 Å². The molecule has 17 heavy (non-hydrogen) atoms. The van der Waals surface area contributed by atoms with E-state index >= 15 is 0 Å². The maximum atomic E-state index is 11.4. The lowest BCUT2D eigenvalue weighted by molar-refractivity contribution is 0.0588. The molecule has 1 heterocycles. The molecule has 1 aliphatic rings. The second-order valence-corrected chi connectivity index (χ2v) is 4.52. The first-order valence-electron chi connectivity index (χ1n) is 5.73. The van der Waals surface area contributed by atoms with Crippen molar-refractivity contribution in [2.24, 2.45) is 0 Å². The molecule has 1 saturated heterocycles. The predicted molar refractivity (Wildman–Crippen MR) is 63.9 cm³/mol. The van der Waals surface area contributed by atoms with Gasteiger partial charge in [0.05, 0.1) is 18.3 Å². The van der Waals surface area contributed by atoms with Gasteiger partial charge in [-0.1, -0.05) is 12.1 Å². The van der Waals surface area contributed by atoms with E-state index in [1.54, 1.807) is 12.1 Å². The third-order valence-electron chi connectivity index (χ3n) is 3.10. The van der Waals surface area contributed by atoms with E-state index in [0.717, 1.165) is 18.5 Å². The fourth-order valence-corrected chi connectivity index (χ4v) is 2.19. The molecule has 1 atom stereocenters. The smallest absolute Gasteiger partial charge is 0.337 e. The first-order chi connectivity index (χ1) is 8.13. The summed E-state index contributed by atoms with van der Waals surface area (Å²) in [5.41, 5.74) is 0.799. The van der Waals surface area contributed by atoms with Crippen molar-refractivity contribution >= 4 is 5.97 Å². The summed E-state index contributed by atoms with van der Waals surface area (Å²) in [7, 11) is 1.36. The molecular weight excluding hydrogens is 218 g/mol. The zero-order valence-electron chi connectivity index (χ0n) is 9.90. The van der Waals surface area contributed by atoms with Crippen LogP contribution in [0.1, 0.15) is 22.3 Å². The molecule has 2 rings (SSSR count). The van der Waals surface area contributed by atoms with Gasteiger partial charge in [0.1, 0.15) is 0 Å². The summed E-state index contributed by atoms with van der Waals surface area (Å²) in [4.78, 5) is 11.4. The summed E-state index contributed by atoms with van der Waals surface area (Å²) < 4.78 is 4.67. The van der Waals surface area contributed by atoms with Crippen LogP contribution >= 0.6 is 0 Å². The Hall–Kier alpha value is -1.39. The van der Waals surface area contributed by atoms with Gasteiger partial charge in [-0.25, -0.2) is 4.79 Å². The lowest BCUT2D eigenvalue weighted by Gasteiger charge is -2.21. The quantitative estimate of drug-likeness (QED) is 0.759. The van der Waals surface area contributed by atoms with Crippen LogP contribution in [-0.4, -0.2) is 36.9 Å². The second kappa shape index (κ2) is 4.85. The highest BCUT2D eigenvalue weighted by molar-refractivity contribution is 5.89. The molecule has 4 heteroatoms. The van der Waals surface area contributed by atoms with Crippen molar-refractivity contribution in [2.75, 3.05) is 20.2 Å². The summed E-state index contributed by atoms with van der Waals surface area (Å²) in [5, 5.41) is 13.4. The minimum absolute atomic E-state index is 0.344. The highest BCUT2D eigenvalue weighted by atomic mass is 16.5. The molecule has 0 amide bonds. The van der Waals surface area contributed by atoms with E-state index in [-0.39, 0.29) is 5.97 Å². The number of rotatable bonds is 3. The van der Waals surface area contributed by atoms with Crippen molar-refractivity contribution in [2.45, 2.75) is 18.4 Å². The third kappa shape index (κ3) is 2.84. The number of carbonyl (C=O) groups is 1. The van der Waals surface area contributed by atoms with Crippen LogP contribution in [0.5, 0.6) is 0 Å². The molecule has 2 N–H and O–H groups in total. The van der Waals surface area contributed by atoms with Crippen LogP contribution in [0.4, 0.5) is 0 Å². The van der Waals surface area contributed by atoms with Gasteiger partial charge >= 0.3 is 5.97 Å². The van der Waals surface area contributed by atoms with E-state index in [4.69, 9.17) is 0 Å². The van der Waals surface area contributed by atoms with Crippen LogP contribution in [0, 0.1) is 0 Å². The number of hydrogen-bond donors (Lipinski definition) is 2. The van der Waals surface area contributed by atoms with E-state index in [1.807, 2.05) is 12.1 Å². The number of benzene rings is 1. The number of carbonyl (C=O) groups excluding carboxylic acids is 1. The molecule has 0 aliphatic carbocycles. The Labute approximate surface area is 101 Å². The van der Waals surface area contributed by atoms with Crippen molar-refractivity contribution in [3.05, 3.63) is 35.4 Å². The number of nitrogens with one attached hydrogen (secondary N) is 1. The number of aliphatic hydroxyl groups is 1. The highest BCUT2D eigenvalue weighted by Crippen LogP contribution is 2.21. The molecule has 1 fully saturated rings. The molecule has 1 aromatic carbocycles. The van der Waals surface area contributed by atoms with Gasteiger partial charge in [0, 0.05) is 13.0 Å². The first-order valence-corrected chi connectivity index (χ1v) is 5.73. The lowest BCUT2D eigenvalue weighted by Crippen LogP contribution is -2.33. The largest absolute Gasteiger partial charge is 0.465 e. The standard InChI is InChI=1S/C13H17NO3/c1-17-12(15)11-4-2-3-10(7-11)8-13(16)5-6-14-9-13/h2-4,7,14,16H,5-6,8-9H2,1H3. The van der Waals surface area contributed by atoms with E-state index < -0.39 is 5.60 Å². The number of β-amino-alcohol motifs (C(OH)–C–C–N with tert-alkyl or cyclic N) is 1. The SMILES string of the molecule is COC(=O)c1cccc(CC2(O)CCNC2)c1. The van der Waals surface area contributed by atoms with Crippen molar-refractivity contribution < 1.29 is 14.6 Å². The van der Waals surface area contributed by atoms with Crippen molar-refractivity contribution in [1.82, 2.24) is 5.32 Å². The number of ether oxygens (including phenoxy) is 1. The van der Waals surface area contributed by atoms with Crippen LogP contribution < -0.4 is 5.32 Å². The summed E-state index contributed by atoms with van der Waals surface area (Å²) in [6, 6.07) is 7.23. The van der Waals surface area contributed by atoms with E-state index in [2.05, 4.69) is 10.1 Å². The van der Waals surface area contributed by atoms with E-state index in [1.165, 1.54) is 7.11 Å². The van der Waals surface area contributed by atoms with Gasteiger partial charge in [-0.2, -0.15) is 0 Å². The van der Waals surface area contributed by atoms with Crippen molar-refractivity contribution in [3.8, 4) is 0 Å². The average Bonchev–Trinajstić information content (AvgIpc) is 2.75. The Kier molecular flexibility index (Phi) is 3.45. The average molecular weight is 235 g/mol. The maximum absolute atomic E-state index is 11.4. The van der Waals surface area contributed by atoms with Gasteiger partial charge in [-0.3, -0.25) is 0 Å². The molecule has 1 unspecified atom stereocenters. The van der Waals surface area contributed by atoms with Gasteiger partial charge in [0.15, 0.2) is 0 Å². The molecule has 0 aromatic heterocycles. The van der Waals surface area contributed by atoms with Crippen molar-refractivity contribution in [3.63, 3.8) is 0 Å². The summed E-state index contributed by atoms with van der Waals surface area (Å²) >= 11 is 0. The zero-order valence-corrected chi connectivity index (χ0v) is 9.90. The van der Waals surface area contributed by atoms with Gasteiger partial charge in [-0.05, 0) is 30.7 Å². The van der Waals surface area contributed by atoms with Crippen LogP contribution in [0.25, 0.3) is 0 Å². The first kappa shape index (κ1) is 12.1. The van der Waals surface area contributed by atoms with Crippen LogP contribution in [0.15, 0.2) is 24.3 Å². The Morgan fingerprint density at radius 3 is 3.06 bits per heavy atom. The predicted octanol–water partition coefficient (Wildman–Crippen LogP) is 0.740. The fourth-order valence-electron chi connectivity index (χ4n) is 2.19. The number of esters is 1. The van der Waals surface area contributed by atoms with Crippen LogP contribution in [-0.2, 0) is 11.2 Å². The van der Waals surface area contributed by atoms with E-state index in [9.17, 15) is 9.90 Å². The number of hydrogen-bond acceptors (Lipinski definition) is 4. The molecule has 1 aliphatic heterocycles. The maximum Gasteiger partial charge on any atom is 0.337 e. The third-order valence-corrected chi connectivity index (χ3v) is 3.10. The van der Waals surface area contributed by atoms with Crippen molar-refractivity contribution in [1.29, 1.82) is 0 Å². The molecule has 92 valence electrons. The Morgan fingerprint density at radius 2 is 2.41 bits per heavy atom. The van der Waals surface area contributed by atoms with E-state index in [0.29, 0.717) is 18.5 Å². The van der Waals surface area contributed by atoms with Crippen LogP contribution in [0.3, 0.4) is 0 Å². The van der Waals surface area contributed by atoms with Gasteiger partial charge in [-0.15, -0.1) is 0 Å². The second-order valence-electron chi connectivity index (χ2n) is 4.52. The van der Waals surface area contributed by atoms with Crippen LogP contribution in [0.2, 0.25) is 0 Å². The minimum Gasteiger partial charge on any atom is -0.465 e. The summed E-state index contributed by atoms with van der Waals surface area (Å²) in [5.74, 6) is -0.344. The molecule has 0 saturated carbocycles. The summed E-state index contributed by atoms with van der Waals surface area (Å²) in [6.07, 6.45) is 1.31. The molecule has 4 nitrogen and oxygen atoms in total. The topological polar surface area (TPSA) is 58.6 Å². The lowest BCUT2D eigenvalue weighted by atomic mass is 9.93. The Bertz CT molecular complexity index is 411. The number of methoxy groups -OCH3 is 1. The molecule has 0 bridgehead atoms. The normalized spacial score (nSPS) is 23.6. The Balaban J connectivity index is 2.13. The van der Waals surface area contributed by atoms with Gasteiger partial charge < -0.3 is 15.2 Å². The highest BCUT2D eigenvalue weighted by Gasteiger charge is 2.31. The monoisotopic (exact) mass is 235 g/mol. The molecule has 1 aromatic rings.